The number of amides is 1. The molecule has 1 amide bonds. The maximum absolute atomic E-state index is 13.0. The number of rotatable bonds is 5. The van der Waals surface area contributed by atoms with E-state index in [0.29, 0.717) is 47.0 Å². The third-order valence-electron chi connectivity index (χ3n) is 4.34. The summed E-state index contributed by atoms with van der Waals surface area (Å²) in [5.41, 5.74) is 2.51. The van der Waals surface area contributed by atoms with E-state index in [1.54, 1.807) is 37.3 Å². The van der Waals surface area contributed by atoms with Crippen LogP contribution in [-0.2, 0) is 6.42 Å². The first-order chi connectivity index (χ1) is 13.1. The molecule has 1 aromatic heterocycles. The highest BCUT2D eigenvalue weighted by Gasteiger charge is 2.23. The highest BCUT2D eigenvalue weighted by molar-refractivity contribution is 6.00. The third kappa shape index (κ3) is 3.48. The molecule has 27 heavy (non-hydrogen) atoms. The van der Waals surface area contributed by atoms with E-state index >= 15 is 0 Å². The van der Waals surface area contributed by atoms with Crippen molar-refractivity contribution in [3.05, 3.63) is 65.1 Å². The maximum atomic E-state index is 13.0. The van der Waals surface area contributed by atoms with Crippen LogP contribution in [-0.4, -0.2) is 24.4 Å². The van der Waals surface area contributed by atoms with Gasteiger partial charge in [-0.25, -0.2) is 4.39 Å². The van der Waals surface area contributed by atoms with Crippen LogP contribution in [0.5, 0.6) is 11.5 Å². The maximum Gasteiger partial charge on any atom is 0.257 e. The molecule has 3 aromatic rings. The second-order valence-electron chi connectivity index (χ2n) is 6.17. The van der Waals surface area contributed by atoms with Gasteiger partial charge in [-0.3, -0.25) is 4.79 Å². The molecule has 0 aliphatic carbocycles. The number of halogens is 1. The van der Waals surface area contributed by atoms with Crippen LogP contribution < -0.4 is 14.8 Å². The third-order valence-corrected chi connectivity index (χ3v) is 4.34. The zero-order valence-electron chi connectivity index (χ0n) is 14.6. The van der Waals surface area contributed by atoms with Crippen LogP contribution >= 0.6 is 0 Å². The number of hydrogen-bond acceptors (Lipinski definition) is 5. The molecule has 1 aliphatic rings. The predicted molar refractivity (Wildman–Crippen MR) is 95.2 cm³/mol. The first-order valence-corrected chi connectivity index (χ1v) is 8.51. The summed E-state index contributed by atoms with van der Waals surface area (Å²) in [6.45, 7) is 2.30. The summed E-state index contributed by atoms with van der Waals surface area (Å²) in [4.78, 5) is 12.7. The Morgan fingerprint density at radius 1 is 1.15 bits per heavy atom. The number of carbonyl (C=O) groups excluding carboxylic acids is 1. The van der Waals surface area contributed by atoms with Crippen molar-refractivity contribution in [2.24, 2.45) is 0 Å². The van der Waals surface area contributed by atoms with Crippen LogP contribution in [0.25, 0.3) is 11.3 Å². The average molecular weight is 368 g/mol. The molecular weight excluding hydrogens is 351 g/mol. The average Bonchev–Trinajstić information content (AvgIpc) is 3.29. The van der Waals surface area contributed by atoms with Gasteiger partial charge in [0.2, 0.25) is 6.79 Å². The summed E-state index contributed by atoms with van der Waals surface area (Å²) in [5.74, 6) is 1.08. The fraction of sp³-hybridized carbons (Fsp3) is 0.200. The van der Waals surface area contributed by atoms with Gasteiger partial charge in [0, 0.05) is 12.1 Å². The first kappa shape index (κ1) is 17.1. The second-order valence-corrected chi connectivity index (χ2v) is 6.17. The molecule has 0 bridgehead atoms. The molecule has 4 rings (SSSR count). The fourth-order valence-corrected chi connectivity index (χ4v) is 2.93. The van der Waals surface area contributed by atoms with Gasteiger partial charge >= 0.3 is 0 Å². The van der Waals surface area contributed by atoms with Gasteiger partial charge in [0.15, 0.2) is 17.3 Å². The highest BCUT2D eigenvalue weighted by atomic mass is 19.1. The van der Waals surface area contributed by atoms with Crippen molar-refractivity contribution in [1.29, 1.82) is 0 Å². The molecule has 0 radical (unpaired) electrons. The van der Waals surface area contributed by atoms with E-state index < -0.39 is 0 Å². The molecular formula is C20H17FN2O4. The molecule has 138 valence electrons. The Balaban J connectivity index is 1.49. The van der Waals surface area contributed by atoms with Crippen LogP contribution in [0, 0.1) is 12.7 Å². The summed E-state index contributed by atoms with van der Waals surface area (Å²) < 4.78 is 29.0. The minimum Gasteiger partial charge on any atom is -0.454 e. The first-order valence-electron chi connectivity index (χ1n) is 8.51. The van der Waals surface area contributed by atoms with Crippen molar-refractivity contribution in [3.8, 4) is 22.8 Å². The van der Waals surface area contributed by atoms with Crippen LogP contribution in [0.2, 0.25) is 0 Å². The van der Waals surface area contributed by atoms with Gasteiger partial charge in [0.05, 0.1) is 5.69 Å². The summed E-state index contributed by atoms with van der Waals surface area (Å²) in [6.07, 6.45) is 0.593. The van der Waals surface area contributed by atoms with E-state index in [1.807, 2.05) is 0 Å². The highest BCUT2D eigenvalue weighted by Crippen LogP contribution is 2.37. The molecule has 2 heterocycles. The monoisotopic (exact) mass is 368 g/mol. The predicted octanol–water partition coefficient (Wildman–Crippen LogP) is 3.49. The number of ether oxygens (including phenoxy) is 2. The lowest BCUT2D eigenvalue weighted by atomic mass is 10.1. The Labute approximate surface area is 154 Å². The zero-order valence-corrected chi connectivity index (χ0v) is 14.6. The number of benzene rings is 2. The van der Waals surface area contributed by atoms with Gasteiger partial charge in [-0.15, -0.1) is 0 Å². The number of nitrogens with one attached hydrogen (secondary N) is 1. The van der Waals surface area contributed by atoms with Gasteiger partial charge in [0.1, 0.15) is 11.4 Å². The Kier molecular flexibility index (Phi) is 4.50. The molecule has 0 saturated carbocycles. The van der Waals surface area contributed by atoms with E-state index in [0.717, 1.165) is 5.56 Å². The van der Waals surface area contributed by atoms with Crippen LogP contribution in [0.1, 0.15) is 21.6 Å². The molecule has 0 saturated heterocycles. The lowest BCUT2D eigenvalue weighted by Crippen LogP contribution is -2.26. The second kappa shape index (κ2) is 7.11. The minimum atomic E-state index is -0.281. The van der Waals surface area contributed by atoms with Crippen molar-refractivity contribution in [1.82, 2.24) is 10.5 Å². The summed E-state index contributed by atoms with van der Waals surface area (Å²) in [7, 11) is 0. The number of hydrogen-bond donors (Lipinski definition) is 1. The SMILES string of the molecule is Cc1noc(-c2ccc3c(c2)OCO3)c1C(=O)NCCc1ccc(F)cc1. The molecule has 0 atom stereocenters. The van der Waals surface area contributed by atoms with Gasteiger partial charge in [-0.05, 0) is 49.2 Å². The number of nitrogens with zero attached hydrogens (tertiary/aromatic N) is 1. The Morgan fingerprint density at radius 2 is 1.93 bits per heavy atom. The molecule has 0 unspecified atom stereocenters. The van der Waals surface area contributed by atoms with E-state index in [-0.39, 0.29) is 18.5 Å². The standard InChI is InChI=1S/C20H17FN2O4/c1-12-18(20(24)22-9-8-13-2-5-15(21)6-3-13)19(27-23-12)14-4-7-16-17(10-14)26-11-25-16/h2-7,10H,8-9,11H2,1H3,(H,22,24). The Morgan fingerprint density at radius 3 is 2.74 bits per heavy atom. The molecule has 2 aromatic carbocycles. The van der Waals surface area contributed by atoms with E-state index in [2.05, 4.69) is 10.5 Å². The lowest BCUT2D eigenvalue weighted by molar-refractivity contribution is 0.0954. The van der Waals surface area contributed by atoms with Crippen molar-refractivity contribution < 1.29 is 23.2 Å². The van der Waals surface area contributed by atoms with Crippen molar-refractivity contribution >= 4 is 5.91 Å². The van der Waals surface area contributed by atoms with Crippen molar-refractivity contribution in [2.45, 2.75) is 13.3 Å². The van der Waals surface area contributed by atoms with Gasteiger partial charge < -0.3 is 19.3 Å². The van der Waals surface area contributed by atoms with E-state index in [4.69, 9.17) is 14.0 Å². The van der Waals surface area contributed by atoms with Crippen LogP contribution in [0.3, 0.4) is 0 Å². The summed E-state index contributed by atoms with van der Waals surface area (Å²) in [6, 6.07) is 11.5. The number of fused-ring (bicyclic) bond motifs is 1. The van der Waals surface area contributed by atoms with Crippen molar-refractivity contribution in [3.63, 3.8) is 0 Å². The molecule has 0 fully saturated rings. The van der Waals surface area contributed by atoms with E-state index in [9.17, 15) is 9.18 Å². The van der Waals surface area contributed by atoms with E-state index in [1.165, 1.54) is 12.1 Å². The smallest absolute Gasteiger partial charge is 0.257 e. The summed E-state index contributed by atoms with van der Waals surface area (Å²) >= 11 is 0. The molecule has 6 nitrogen and oxygen atoms in total. The Hall–Kier alpha value is -3.35. The largest absolute Gasteiger partial charge is 0.454 e. The quantitative estimate of drug-likeness (QED) is 0.746. The Bertz CT molecular complexity index is 982. The minimum absolute atomic E-state index is 0.172. The van der Waals surface area contributed by atoms with Gasteiger partial charge in [-0.1, -0.05) is 17.3 Å². The zero-order chi connectivity index (χ0) is 18.8. The molecule has 1 aliphatic heterocycles. The molecule has 7 heteroatoms. The topological polar surface area (TPSA) is 73.6 Å². The van der Waals surface area contributed by atoms with Gasteiger partial charge in [-0.2, -0.15) is 0 Å². The normalized spacial score (nSPS) is 12.2. The lowest BCUT2D eigenvalue weighted by Gasteiger charge is -2.07. The number of aryl methyl sites for hydroxylation is 1. The number of aromatic nitrogens is 1. The molecule has 0 spiro atoms. The van der Waals surface area contributed by atoms with Crippen LogP contribution in [0.15, 0.2) is 47.0 Å². The fourth-order valence-electron chi connectivity index (χ4n) is 2.93. The van der Waals surface area contributed by atoms with Gasteiger partial charge in [0.25, 0.3) is 5.91 Å². The van der Waals surface area contributed by atoms with Crippen molar-refractivity contribution in [2.75, 3.05) is 13.3 Å². The molecule has 1 N–H and O–H groups in total. The number of carbonyl (C=O) groups is 1. The van der Waals surface area contributed by atoms with Crippen LogP contribution in [0.4, 0.5) is 4.39 Å². The summed E-state index contributed by atoms with van der Waals surface area (Å²) in [5, 5.41) is 6.80.